The monoisotopic (exact) mass is 204 g/mol. The quantitative estimate of drug-likeness (QED) is 0.784. The summed E-state index contributed by atoms with van der Waals surface area (Å²) in [6, 6.07) is 10.7. The molecule has 1 aliphatic rings. The number of benzene rings is 1. The molecule has 0 amide bonds. The van der Waals surface area contributed by atoms with Gasteiger partial charge in [0.25, 0.3) is 0 Å². The van der Waals surface area contributed by atoms with Crippen molar-refractivity contribution in [1.29, 1.82) is 0 Å². The minimum atomic E-state index is 0.337. The molecule has 3 unspecified atom stereocenters. The van der Waals surface area contributed by atoms with Gasteiger partial charge in [0.1, 0.15) is 0 Å². The van der Waals surface area contributed by atoms with E-state index in [2.05, 4.69) is 37.3 Å². The third kappa shape index (κ3) is 2.23. The van der Waals surface area contributed by atoms with Gasteiger partial charge in [-0.3, -0.25) is 0 Å². The number of hydrogen-bond acceptors (Lipinski definition) is 1. The van der Waals surface area contributed by atoms with Crippen LogP contribution >= 0.6 is 0 Å². The number of hydrogen-bond donors (Lipinski definition) is 1. The van der Waals surface area contributed by atoms with Gasteiger partial charge in [-0.2, -0.15) is 0 Å². The molecule has 0 radical (unpaired) electrons. The van der Waals surface area contributed by atoms with E-state index in [1.165, 1.54) is 24.8 Å². The molecular weight excluding hydrogens is 184 g/mol. The van der Waals surface area contributed by atoms with Crippen LogP contribution in [0.5, 0.6) is 0 Å². The molecule has 0 saturated heterocycles. The fourth-order valence-electron chi connectivity index (χ4n) is 3.01. The number of rotatable bonds is 2. The second-order valence-electron chi connectivity index (χ2n) is 4.79. The van der Waals surface area contributed by atoms with Crippen molar-refractivity contribution in [2.45, 2.75) is 32.1 Å². The lowest BCUT2D eigenvalue weighted by Gasteiger charge is -2.36. The summed E-state index contributed by atoms with van der Waals surface area (Å²) in [6.07, 6.45) is 3.76. The van der Waals surface area contributed by atoms with E-state index in [1.807, 2.05) is 0 Å². The Kier molecular flexibility index (Phi) is 3.42. The largest absolute Gasteiger partial charge is 0.396 e. The van der Waals surface area contributed by atoms with Crippen molar-refractivity contribution in [2.24, 2.45) is 11.8 Å². The van der Waals surface area contributed by atoms with Crippen LogP contribution in [0.25, 0.3) is 0 Å². The highest BCUT2D eigenvalue weighted by Gasteiger charge is 2.30. The maximum atomic E-state index is 9.44. The molecule has 1 N–H and O–H groups in total. The molecule has 15 heavy (non-hydrogen) atoms. The smallest absolute Gasteiger partial charge is 0.0465 e. The normalized spacial score (nSPS) is 31.5. The molecule has 3 atom stereocenters. The molecule has 0 bridgehead atoms. The van der Waals surface area contributed by atoms with Crippen molar-refractivity contribution in [1.82, 2.24) is 0 Å². The molecule has 1 aromatic carbocycles. The zero-order valence-electron chi connectivity index (χ0n) is 9.39. The van der Waals surface area contributed by atoms with Gasteiger partial charge in [-0.15, -0.1) is 0 Å². The Morgan fingerprint density at radius 2 is 1.93 bits per heavy atom. The van der Waals surface area contributed by atoms with E-state index in [9.17, 15) is 5.11 Å². The first-order valence-corrected chi connectivity index (χ1v) is 5.98. The highest BCUT2D eigenvalue weighted by molar-refractivity contribution is 5.21. The molecule has 2 rings (SSSR count). The van der Waals surface area contributed by atoms with E-state index < -0.39 is 0 Å². The van der Waals surface area contributed by atoms with Crippen LogP contribution in [-0.2, 0) is 0 Å². The average Bonchev–Trinajstić information content (AvgIpc) is 2.29. The Labute approximate surface area is 92.1 Å². The molecule has 0 heterocycles. The van der Waals surface area contributed by atoms with Gasteiger partial charge in [-0.05, 0) is 29.7 Å². The third-order valence-electron chi connectivity index (χ3n) is 3.77. The van der Waals surface area contributed by atoms with Crippen LogP contribution in [0.4, 0.5) is 0 Å². The topological polar surface area (TPSA) is 20.2 Å². The van der Waals surface area contributed by atoms with Crippen LogP contribution in [0.1, 0.15) is 37.7 Å². The van der Waals surface area contributed by atoms with E-state index in [1.54, 1.807) is 0 Å². The van der Waals surface area contributed by atoms with Gasteiger partial charge in [-0.25, -0.2) is 0 Å². The zero-order valence-corrected chi connectivity index (χ0v) is 9.39. The number of aliphatic hydroxyl groups is 1. The molecule has 0 aliphatic heterocycles. The Morgan fingerprint density at radius 1 is 1.20 bits per heavy atom. The molecule has 82 valence electrons. The van der Waals surface area contributed by atoms with Crippen molar-refractivity contribution >= 4 is 0 Å². The summed E-state index contributed by atoms with van der Waals surface area (Å²) in [7, 11) is 0. The van der Waals surface area contributed by atoms with Crippen LogP contribution in [0.2, 0.25) is 0 Å². The summed E-state index contributed by atoms with van der Waals surface area (Å²) < 4.78 is 0. The standard InChI is InChI=1S/C14H20O/c1-11-6-5-9-13(10-15)14(11)12-7-3-2-4-8-12/h2-4,7-8,11,13-15H,5-6,9-10H2,1H3. The molecule has 1 saturated carbocycles. The Bertz CT molecular complexity index is 293. The lowest BCUT2D eigenvalue weighted by atomic mass is 9.70. The van der Waals surface area contributed by atoms with Crippen molar-refractivity contribution < 1.29 is 5.11 Å². The lowest BCUT2D eigenvalue weighted by Crippen LogP contribution is -2.27. The van der Waals surface area contributed by atoms with E-state index >= 15 is 0 Å². The SMILES string of the molecule is CC1CCCC(CO)C1c1ccccc1. The van der Waals surface area contributed by atoms with Gasteiger partial charge in [0.05, 0.1) is 0 Å². The first-order chi connectivity index (χ1) is 7.33. The van der Waals surface area contributed by atoms with E-state index in [-0.39, 0.29) is 0 Å². The van der Waals surface area contributed by atoms with Crippen molar-refractivity contribution in [3.63, 3.8) is 0 Å². The van der Waals surface area contributed by atoms with E-state index in [0.29, 0.717) is 24.4 Å². The minimum absolute atomic E-state index is 0.337. The van der Waals surface area contributed by atoms with Crippen molar-refractivity contribution in [2.75, 3.05) is 6.61 Å². The van der Waals surface area contributed by atoms with Gasteiger partial charge in [0.2, 0.25) is 0 Å². The van der Waals surface area contributed by atoms with Gasteiger partial charge < -0.3 is 5.11 Å². The van der Waals surface area contributed by atoms with Crippen LogP contribution < -0.4 is 0 Å². The van der Waals surface area contributed by atoms with E-state index in [4.69, 9.17) is 0 Å². The predicted molar refractivity (Wildman–Crippen MR) is 62.8 cm³/mol. The molecule has 1 heteroatoms. The summed E-state index contributed by atoms with van der Waals surface area (Å²) in [5.41, 5.74) is 1.41. The zero-order chi connectivity index (χ0) is 10.7. The first kappa shape index (κ1) is 10.7. The summed E-state index contributed by atoms with van der Waals surface area (Å²) in [4.78, 5) is 0. The molecule has 1 aliphatic carbocycles. The minimum Gasteiger partial charge on any atom is -0.396 e. The van der Waals surface area contributed by atoms with Gasteiger partial charge >= 0.3 is 0 Å². The summed E-state index contributed by atoms with van der Waals surface area (Å²) >= 11 is 0. The molecule has 1 nitrogen and oxygen atoms in total. The van der Waals surface area contributed by atoms with Gasteiger partial charge in [0.15, 0.2) is 0 Å². The van der Waals surface area contributed by atoms with Gasteiger partial charge in [-0.1, -0.05) is 50.1 Å². The molecule has 0 spiro atoms. The Balaban J connectivity index is 2.23. The second kappa shape index (κ2) is 4.80. The van der Waals surface area contributed by atoms with Crippen LogP contribution in [-0.4, -0.2) is 11.7 Å². The van der Waals surface area contributed by atoms with Crippen LogP contribution in [0, 0.1) is 11.8 Å². The lowest BCUT2D eigenvalue weighted by molar-refractivity contribution is 0.139. The second-order valence-corrected chi connectivity index (χ2v) is 4.79. The summed E-state index contributed by atoms with van der Waals surface area (Å²) in [5, 5.41) is 9.44. The Morgan fingerprint density at radius 3 is 2.60 bits per heavy atom. The number of aliphatic hydroxyl groups excluding tert-OH is 1. The molecular formula is C14H20O. The van der Waals surface area contributed by atoms with Crippen LogP contribution in [0.15, 0.2) is 30.3 Å². The Hall–Kier alpha value is -0.820. The fraction of sp³-hybridized carbons (Fsp3) is 0.571. The van der Waals surface area contributed by atoms with Crippen LogP contribution in [0.3, 0.4) is 0 Å². The average molecular weight is 204 g/mol. The predicted octanol–water partition coefficient (Wildman–Crippen LogP) is 3.20. The third-order valence-corrected chi connectivity index (χ3v) is 3.77. The maximum absolute atomic E-state index is 9.44. The highest BCUT2D eigenvalue weighted by atomic mass is 16.3. The van der Waals surface area contributed by atoms with Crippen molar-refractivity contribution in [3.8, 4) is 0 Å². The fourth-order valence-corrected chi connectivity index (χ4v) is 3.01. The highest BCUT2D eigenvalue weighted by Crippen LogP contribution is 2.41. The van der Waals surface area contributed by atoms with E-state index in [0.717, 1.165) is 0 Å². The maximum Gasteiger partial charge on any atom is 0.0465 e. The first-order valence-electron chi connectivity index (χ1n) is 5.98. The van der Waals surface area contributed by atoms with Gasteiger partial charge in [0, 0.05) is 6.61 Å². The molecule has 1 fully saturated rings. The molecule has 0 aromatic heterocycles. The summed E-state index contributed by atoms with van der Waals surface area (Å²) in [6.45, 7) is 2.66. The van der Waals surface area contributed by atoms with Crippen molar-refractivity contribution in [3.05, 3.63) is 35.9 Å². The molecule has 1 aromatic rings. The summed E-state index contributed by atoms with van der Waals surface area (Å²) in [5.74, 6) is 1.74.